The van der Waals surface area contributed by atoms with E-state index in [-0.39, 0.29) is 12.5 Å². The zero-order valence-corrected chi connectivity index (χ0v) is 14.2. The summed E-state index contributed by atoms with van der Waals surface area (Å²) in [6.07, 6.45) is 7.33. The third-order valence-corrected chi connectivity index (χ3v) is 5.95. The van der Waals surface area contributed by atoms with Gasteiger partial charge in [0.2, 0.25) is 5.95 Å². The van der Waals surface area contributed by atoms with Crippen molar-refractivity contribution in [3.8, 4) is 0 Å². The Morgan fingerprint density at radius 1 is 1.38 bits per heavy atom. The second-order valence-corrected chi connectivity index (χ2v) is 7.68. The number of carbonyl (C=O) groups excluding carboxylic acids is 1. The van der Waals surface area contributed by atoms with Crippen LogP contribution in [0.3, 0.4) is 0 Å². The van der Waals surface area contributed by atoms with Gasteiger partial charge in [-0.15, -0.1) is 11.3 Å². The lowest BCUT2D eigenvalue weighted by Crippen LogP contribution is -2.45. The number of fused-ring (bicyclic) bond motifs is 1. The van der Waals surface area contributed by atoms with Crippen LogP contribution in [-0.2, 0) is 12.8 Å². The third-order valence-electron chi connectivity index (χ3n) is 4.72. The lowest BCUT2D eigenvalue weighted by Gasteiger charge is -2.23. The quantitative estimate of drug-likeness (QED) is 0.876. The topological polar surface area (TPSA) is 78.4 Å². The first kappa shape index (κ1) is 15.5. The number of rotatable bonds is 4. The minimum atomic E-state index is -0.936. The van der Waals surface area contributed by atoms with E-state index >= 15 is 0 Å². The Kier molecular flexibility index (Phi) is 3.97. The van der Waals surface area contributed by atoms with Crippen LogP contribution >= 0.6 is 11.3 Å². The van der Waals surface area contributed by atoms with E-state index in [0.29, 0.717) is 25.5 Å². The van der Waals surface area contributed by atoms with Crippen LogP contribution in [0.4, 0.5) is 5.95 Å². The van der Waals surface area contributed by atoms with Crippen molar-refractivity contribution in [2.75, 3.05) is 24.5 Å². The van der Waals surface area contributed by atoms with Crippen molar-refractivity contribution in [3.63, 3.8) is 0 Å². The van der Waals surface area contributed by atoms with Crippen LogP contribution in [0.1, 0.15) is 33.0 Å². The number of β-amino-alcohol motifs (C(OH)–C–C–N with tert-alkyl or cyclic N) is 1. The second kappa shape index (κ2) is 6.14. The maximum Gasteiger partial charge on any atom is 0.261 e. The van der Waals surface area contributed by atoms with Gasteiger partial charge in [-0.3, -0.25) is 4.79 Å². The SMILES string of the molecule is O=C(NC[C@@]1(O)CCN(c2ncccn2)C1)c1cc2c(s1)CCC2. The Bertz CT molecular complexity index is 727. The summed E-state index contributed by atoms with van der Waals surface area (Å²) in [5.74, 6) is 0.534. The summed E-state index contributed by atoms with van der Waals surface area (Å²) in [5.41, 5.74) is 0.381. The van der Waals surface area contributed by atoms with Gasteiger partial charge in [-0.1, -0.05) is 0 Å². The fourth-order valence-electron chi connectivity index (χ4n) is 3.40. The number of aryl methyl sites for hydroxylation is 2. The molecule has 2 N–H and O–H groups in total. The molecule has 4 rings (SSSR count). The summed E-state index contributed by atoms with van der Waals surface area (Å²) in [6.45, 7) is 1.36. The monoisotopic (exact) mass is 344 g/mol. The van der Waals surface area contributed by atoms with Crippen LogP contribution in [0, 0.1) is 0 Å². The highest BCUT2D eigenvalue weighted by molar-refractivity contribution is 7.14. The van der Waals surface area contributed by atoms with Gasteiger partial charge in [-0.2, -0.15) is 0 Å². The lowest BCUT2D eigenvalue weighted by molar-refractivity contribution is 0.0576. The molecular formula is C17H20N4O2S. The number of nitrogens with zero attached hydrogens (tertiary/aromatic N) is 3. The maximum atomic E-state index is 12.4. The molecule has 0 spiro atoms. The zero-order valence-electron chi connectivity index (χ0n) is 13.4. The summed E-state index contributed by atoms with van der Waals surface area (Å²) in [5, 5.41) is 13.6. The molecular weight excluding hydrogens is 324 g/mol. The third kappa shape index (κ3) is 3.01. The van der Waals surface area contributed by atoms with Gasteiger partial charge in [0.25, 0.3) is 5.91 Å². The van der Waals surface area contributed by atoms with E-state index in [1.54, 1.807) is 29.8 Å². The highest BCUT2D eigenvalue weighted by Gasteiger charge is 2.37. The van der Waals surface area contributed by atoms with E-state index in [1.165, 1.54) is 16.9 Å². The van der Waals surface area contributed by atoms with E-state index in [4.69, 9.17) is 0 Å². The van der Waals surface area contributed by atoms with Gasteiger partial charge in [-0.25, -0.2) is 9.97 Å². The van der Waals surface area contributed by atoms with Crippen LogP contribution in [0.5, 0.6) is 0 Å². The molecule has 1 saturated heterocycles. The number of hydrogen-bond donors (Lipinski definition) is 2. The summed E-state index contributed by atoms with van der Waals surface area (Å²) < 4.78 is 0. The molecule has 7 heteroatoms. The number of hydrogen-bond acceptors (Lipinski definition) is 6. The Balaban J connectivity index is 1.36. The molecule has 126 valence electrons. The molecule has 6 nitrogen and oxygen atoms in total. The first-order valence-electron chi connectivity index (χ1n) is 8.27. The van der Waals surface area contributed by atoms with Crippen LogP contribution < -0.4 is 10.2 Å². The molecule has 0 radical (unpaired) electrons. The molecule has 1 aliphatic heterocycles. The summed E-state index contributed by atoms with van der Waals surface area (Å²) in [6, 6.07) is 3.77. The van der Waals surface area contributed by atoms with Crippen molar-refractivity contribution in [1.82, 2.24) is 15.3 Å². The molecule has 2 aromatic rings. The number of thiophene rings is 1. The minimum absolute atomic E-state index is 0.0859. The van der Waals surface area contributed by atoms with Crippen molar-refractivity contribution >= 4 is 23.2 Å². The molecule has 1 amide bonds. The van der Waals surface area contributed by atoms with Crippen molar-refractivity contribution < 1.29 is 9.90 Å². The van der Waals surface area contributed by atoms with E-state index in [9.17, 15) is 9.90 Å². The lowest BCUT2D eigenvalue weighted by atomic mass is 10.0. The van der Waals surface area contributed by atoms with Crippen LogP contribution in [0.2, 0.25) is 0 Å². The van der Waals surface area contributed by atoms with Crippen LogP contribution in [0.15, 0.2) is 24.5 Å². The van der Waals surface area contributed by atoms with E-state index in [2.05, 4.69) is 15.3 Å². The average Bonchev–Trinajstić information content (AvgIpc) is 3.28. The molecule has 0 saturated carbocycles. The van der Waals surface area contributed by atoms with Gasteiger partial charge >= 0.3 is 0 Å². The number of carbonyl (C=O) groups is 1. The summed E-state index contributed by atoms with van der Waals surface area (Å²) in [7, 11) is 0. The molecule has 1 atom stereocenters. The molecule has 24 heavy (non-hydrogen) atoms. The minimum Gasteiger partial charge on any atom is -0.386 e. The van der Waals surface area contributed by atoms with Gasteiger partial charge in [0.05, 0.1) is 11.4 Å². The molecule has 2 aliphatic rings. The zero-order chi connectivity index (χ0) is 16.6. The van der Waals surface area contributed by atoms with Crippen molar-refractivity contribution in [2.24, 2.45) is 0 Å². The second-order valence-electron chi connectivity index (χ2n) is 6.54. The Morgan fingerprint density at radius 2 is 2.21 bits per heavy atom. The Morgan fingerprint density at radius 3 is 3.00 bits per heavy atom. The number of amides is 1. The predicted molar refractivity (Wildman–Crippen MR) is 92.5 cm³/mol. The Hall–Kier alpha value is -1.99. The van der Waals surface area contributed by atoms with Gasteiger partial charge in [0.15, 0.2) is 0 Å². The highest BCUT2D eigenvalue weighted by atomic mass is 32.1. The van der Waals surface area contributed by atoms with Crippen molar-refractivity contribution in [2.45, 2.75) is 31.3 Å². The van der Waals surface area contributed by atoms with E-state index in [1.807, 2.05) is 11.0 Å². The van der Waals surface area contributed by atoms with Crippen molar-refractivity contribution in [3.05, 3.63) is 39.8 Å². The Labute approximate surface area is 144 Å². The molecule has 3 heterocycles. The smallest absolute Gasteiger partial charge is 0.261 e. The van der Waals surface area contributed by atoms with E-state index < -0.39 is 5.60 Å². The van der Waals surface area contributed by atoms with E-state index in [0.717, 1.165) is 17.7 Å². The highest BCUT2D eigenvalue weighted by Crippen LogP contribution is 2.30. The first-order chi connectivity index (χ1) is 11.6. The predicted octanol–water partition coefficient (Wildman–Crippen LogP) is 1.40. The largest absolute Gasteiger partial charge is 0.386 e. The normalized spacial score (nSPS) is 22.6. The molecule has 0 bridgehead atoms. The number of anilines is 1. The molecule has 1 aliphatic carbocycles. The van der Waals surface area contributed by atoms with Crippen molar-refractivity contribution in [1.29, 1.82) is 0 Å². The number of nitrogens with one attached hydrogen (secondary N) is 1. The fourth-order valence-corrected chi connectivity index (χ4v) is 4.57. The van der Waals surface area contributed by atoms with Gasteiger partial charge < -0.3 is 15.3 Å². The van der Waals surface area contributed by atoms with Gasteiger partial charge in [0.1, 0.15) is 5.60 Å². The number of aromatic nitrogens is 2. The molecule has 2 aromatic heterocycles. The summed E-state index contributed by atoms with van der Waals surface area (Å²) in [4.78, 5) is 24.8. The van der Waals surface area contributed by atoms with Gasteiger partial charge in [0, 0.05) is 30.4 Å². The standard InChI is InChI=1S/C17H20N4O2S/c22-15(14-9-12-3-1-4-13(12)24-14)20-10-17(23)5-8-21(11-17)16-18-6-2-7-19-16/h2,6-7,9,23H,1,3-5,8,10-11H2,(H,20,22)/t17-/m0/s1. The molecule has 0 aromatic carbocycles. The molecule has 1 fully saturated rings. The van der Waals surface area contributed by atoms with Gasteiger partial charge in [-0.05, 0) is 43.4 Å². The average molecular weight is 344 g/mol. The first-order valence-corrected chi connectivity index (χ1v) is 9.09. The van der Waals surface area contributed by atoms with Crippen LogP contribution in [0.25, 0.3) is 0 Å². The summed E-state index contributed by atoms with van der Waals surface area (Å²) >= 11 is 1.58. The maximum absolute atomic E-state index is 12.4. The number of aliphatic hydroxyl groups is 1. The van der Waals surface area contributed by atoms with Crippen LogP contribution in [-0.4, -0.2) is 46.2 Å². The fraction of sp³-hybridized carbons (Fsp3) is 0.471. The molecule has 0 unspecified atom stereocenters.